The van der Waals surface area contributed by atoms with Crippen molar-refractivity contribution in [1.29, 1.82) is 0 Å². The van der Waals surface area contributed by atoms with E-state index in [9.17, 15) is 9.90 Å². The molecule has 0 bridgehead atoms. The molecule has 2 aromatic carbocycles. The molecule has 3 rings (SSSR count). The standard InChI is InChI=1S/C24H34N4O2/c1-2-27-12-14-28(15-13-27)18-22-11-7-6-10-21(22)17-25-24(30)26-23(19-29)16-20-8-4-3-5-9-20/h3-11,23,29H,2,12-19H2,1H3,(H2,25,26,30). The number of likely N-dealkylation sites (N-methyl/N-ethyl adjacent to an activating group) is 1. The number of piperazine rings is 1. The minimum atomic E-state index is -0.308. The third-order valence-corrected chi connectivity index (χ3v) is 5.74. The van der Waals surface area contributed by atoms with Crippen LogP contribution >= 0.6 is 0 Å². The summed E-state index contributed by atoms with van der Waals surface area (Å²) in [6.07, 6.45) is 0.602. The van der Waals surface area contributed by atoms with Crippen molar-refractivity contribution in [3.05, 3.63) is 71.3 Å². The molecule has 0 radical (unpaired) electrons. The highest BCUT2D eigenvalue weighted by atomic mass is 16.3. The summed E-state index contributed by atoms with van der Waals surface area (Å²) in [5.74, 6) is 0. The van der Waals surface area contributed by atoms with Crippen molar-refractivity contribution < 1.29 is 9.90 Å². The predicted molar refractivity (Wildman–Crippen MR) is 120 cm³/mol. The van der Waals surface area contributed by atoms with E-state index in [0.717, 1.165) is 50.4 Å². The predicted octanol–water partition coefficient (Wildman–Crippen LogP) is 2.23. The van der Waals surface area contributed by atoms with Crippen LogP contribution in [0.2, 0.25) is 0 Å². The largest absolute Gasteiger partial charge is 0.394 e. The first-order valence-corrected chi connectivity index (χ1v) is 10.9. The molecule has 6 heteroatoms. The molecule has 6 nitrogen and oxygen atoms in total. The molecule has 1 fully saturated rings. The topological polar surface area (TPSA) is 67.8 Å². The van der Waals surface area contributed by atoms with Gasteiger partial charge < -0.3 is 20.6 Å². The van der Waals surface area contributed by atoms with Crippen LogP contribution in [0.3, 0.4) is 0 Å². The lowest BCUT2D eigenvalue weighted by atomic mass is 10.1. The summed E-state index contributed by atoms with van der Waals surface area (Å²) in [5.41, 5.74) is 3.48. The number of amides is 2. The molecule has 2 aromatic rings. The van der Waals surface area contributed by atoms with E-state index in [1.54, 1.807) is 0 Å². The van der Waals surface area contributed by atoms with E-state index < -0.39 is 0 Å². The van der Waals surface area contributed by atoms with Crippen molar-refractivity contribution in [2.75, 3.05) is 39.3 Å². The monoisotopic (exact) mass is 410 g/mol. The fraction of sp³-hybridized carbons (Fsp3) is 0.458. The first-order valence-electron chi connectivity index (χ1n) is 10.9. The molecule has 1 heterocycles. The van der Waals surface area contributed by atoms with E-state index in [1.165, 1.54) is 5.56 Å². The molecule has 1 aliphatic heterocycles. The van der Waals surface area contributed by atoms with Gasteiger partial charge in [0.15, 0.2) is 0 Å². The molecule has 0 saturated carbocycles. The molecule has 2 amide bonds. The molecule has 162 valence electrons. The lowest BCUT2D eigenvalue weighted by Crippen LogP contribution is -2.46. The summed E-state index contributed by atoms with van der Waals surface area (Å²) in [6.45, 7) is 8.99. The number of hydrogen-bond donors (Lipinski definition) is 3. The zero-order valence-corrected chi connectivity index (χ0v) is 17.9. The maximum atomic E-state index is 12.4. The maximum Gasteiger partial charge on any atom is 0.315 e. The van der Waals surface area contributed by atoms with E-state index >= 15 is 0 Å². The number of nitrogens with one attached hydrogen (secondary N) is 2. The Morgan fingerprint density at radius 2 is 1.60 bits per heavy atom. The number of hydrogen-bond acceptors (Lipinski definition) is 4. The third kappa shape index (κ3) is 6.83. The summed E-state index contributed by atoms with van der Waals surface area (Å²) in [7, 11) is 0. The Morgan fingerprint density at radius 1 is 0.967 bits per heavy atom. The second-order valence-electron chi connectivity index (χ2n) is 7.88. The number of benzene rings is 2. The normalized spacial score (nSPS) is 16.2. The van der Waals surface area contributed by atoms with Gasteiger partial charge in [-0.1, -0.05) is 61.5 Å². The SMILES string of the molecule is CCN1CCN(Cc2ccccc2CNC(=O)NC(CO)Cc2ccccc2)CC1. The fourth-order valence-corrected chi connectivity index (χ4v) is 3.86. The average molecular weight is 411 g/mol. The summed E-state index contributed by atoms with van der Waals surface area (Å²) in [6, 6.07) is 17.6. The molecular formula is C24H34N4O2. The van der Waals surface area contributed by atoms with E-state index in [0.29, 0.717) is 13.0 Å². The van der Waals surface area contributed by atoms with Crippen LogP contribution < -0.4 is 10.6 Å². The first-order chi connectivity index (χ1) is 14.7. The number of carbonyl (C=O) groups excluding carboxylic acids is 1. The second-order valence-corrected chi connectivity index (χ2v) is 7.88. The molecule has 0 aliphatic carbocycles. The van der Waals surface area contributed by atoms with Crippen LogP contribution in [0.25, 0.3) is 0 Å². The molecule has 1 unspecified atom stereocenters. The van der Waals surface area contributed by atoms with Gasteiger partial charge in [-0.25, -0.2) is 4.79 Å². The molecule has 0 spiro atoms. The first kappa shape index (κ1) is 22.3. The molecular weight excluding hydrogens is 376 g/mol. The number of aliphatic hydroxyl groups excluding tert-OH is 1. The van der Waals surface area contributed by atoms with Crippen molar-refractivity contribution in [3.8, 4) is 0 Å². The van der Waals surface area contributed by atoms with Gasteiger partial charge in [-0.05, 0) is 29.7 Å². The zero-order chi connectivity index (χ0) is 21.2. The van der Waals surface area contributed by atoms with E-state index in [1.807, 2.05) is 36.4 Å². The Hall–Kier alpha value is -2.41. The number of aliphatic hydroxyl groups is 1. The average Bonchev–Trinajstić information content (AvgIpc) is 2.79. The summed E-state index contributed by atoms with van der Waals surface area (Å²) in [5, 5.41) is 15.5. The van der Waals surface area contributed by atoms with Crippen molar-refractivity contribution >= 4 is 6.03 Å². The number of rotatable bonds is 9. The molecule has 1 saturated heterocycles. The Kier molecular flexibility index (Phi) is 8.68. The van der Waals surface area contributed by atoms with Gasteiger partial charge in [-0.15, -0.1) is 0 Å². The zero-order valence-electron chi connectivity index (χ0n) is 17.9. The summed E-state index contributed by atoms with van der Waals surface area (Å²) < 4.78 is 0. The molecule has 0 aromatic heterocycles. The van der Waals surface area contributed by atoms with Gasteiger partial charge in [-0.3, -0.25) is 4.90 Å². The molecule has 1 aliphatic rings. The van der Waals surface area contributed by atoms with Gasteiger partial charge in [0.05, 0.1) is 12.6 Å². The number of nitrogens with zero attached hydrogens (tertiary/aromatic N) is 2. The van der Waals surface area contributed by atoms with Gasteiger partial charge in [0.2, 0.25) is 0 Å². The fourth-order valence-electron chi connectivity index (χ4n) is 3.86. The van der Waals surface area contributed by atoms with Crippen LogP contribution in [-0.4, -0.2) is 66.3 Å². The minimum absolute atomic E-state index is 0.0946. The van der Waals surface area contributed by atoms with Crippen LogP contribution in [0.1, 0.15) is 23.6 Å². The van der Waals surface area contributed by atoms with Gasteiger partial charge in [0, 0.05) is 39.3 Å². The van der Waals surface area contributed by atoms with Crippen molar-refractivity contribution in [2.45, 2.75) is 32.5 Å². The van der Waals surface area contributed by atoms with Crippen LogP contribution in [0.4, 0.5) is 4.79 Å². The van der Waals surface area contributed by atoms with Gasteiger partial charge in [-0.2, -0.15) is 0 Å². The number of carbonyl (C=O) groups is 1. The third-order valence-electron chi connectivity index (χ3n) is 5.74. The highest BCUT2D eigenvalue weighted by Crippen LogP contribution is 2.13. The lowest BCUT2D eigenvalue weighted by molar-refractivity contribution is 0.131. The lowest BCUT2D eigenvalue weighted by Gasteiger charge is -2.34. The molecule has 3 N–H and O–H groups in total. The van der Waals surface area contributed by atoms with E-state index in [2.05, 4.69) is 45.6 Å². The van der Waals surface area contributed by atoms with Gasteiger partial charge >= 0.3 is 6.03 Å². The highest BCUT2D eigenvalue weighted by molar-refractivity contribution is 5.74. The van der Waals surface area contributed by atoms with Crippen molar-refractivity contribution in [1.82, 2.24) is 20.4 Å². The Bertz CT molecular complexity index is 776. The second kappa shape index (κ2) is 11.7. The Morgan fingerprint density at radius 3 is 2.27 bits per heavy atom. The van der Waals surface area contributed by atoms with Crippen LogP contribution in [0, 0.1) is 0 Å². The molecule has 30 heavy (non-hydrogen) atoms. The smallest absolute Gasteiger partial charge is 0.315 e. The van der Waals surface area contributed by atoms with Crippen LogP contribution in [-0.2, 0) is 19.5 Å². The van der Waals surface area contributed by atoms with E-state index in [4.69, 9.17) is 0 Å². The van der Waals surface area contributed by atoms with Gasteiger partial charge in [0.25, 0.3) is 0 Å². The summed E-state index contributed by atoms with van der Waals surface area (Å²) in [4.78, 5) is 17.3. The van der Waals surface area contributed by atoms with Crippen LogP contribution in [0.5, 0.6) is 0 Å². The molecule has 1 atom stereocenters. The Labute approximate surface area is 179 Å². The highest BCUT2D eigenvalue weighted by Gasteiger charge is 2.17. The van der Waals surface area contributed by atoms with Crippen LogP contribution in [0.15, 0.2) is 54.6 Å². The quantitative estimate of drug-likeness (QED) is 0.593. The van der Waals surface area contributed by atoms with Crippen molar-refractivity contribution in [3.63, 3.8) is 0 Å². The maximum absolute atomic E-state index is 12.4. The van der Waals surface area contributed by atoms with Crippen molar-refractivity contribution in [2.24, 2.45) is 0 Å². The minimum Gasteiger partial charge on any atom is -0.394 e. The van der Waals surface area contributed by atoms with E-state index in [-0.39, 0.29) is 18.7 Å². The Balaban J connectivity index is 1.49. The van der Waals surface area contributed by atoms with Gasteiger partial charge in [0.1, 0.15) is 0 Å². The summed E-state index contributed by atoms with van der Waals surface area (Å²) >= 11 is 0. The number of urea groups is 1.